The van der Waals surface area contributed by atoms with E-state index in [9.17, 15) is 9.59 Å². The maximum Gasteiger partial charge on any atom is 0.319 e. The van der Waals surface area contributed by atoms with Crippen LogP contribution >= 0.6 is 15.9 Å². The highest BCUT2D eigenvalue weighted by molar-refractivity contribution is 9.10. The molecule has 1 aromatic carbocycles. The third-order valence-electron chi connectivity index (χ3n) is 4.94. The molecular formula is C19H23BrN2O3. The second-order valence-electron chi connectivity index (χ2n) is 6.76. The number of ether oxygens (including phenoxy) is 1. The Hall–Kier alpha value is -1.82. The van der Waals surface area contributed by atoms with E-state index in [1.807, 2.05) is 24.3 Å². The van der Waals surface area contributed by atoms with Gasteiger partial charge in [-0.25, -0.2) is 4.79 Å². The summed E-state index contributed by atoms with van der Waals surface area (Å²) in [6.45, 7) is 4.32. The van der Waals surface area contributed by atoms with Crippen LogP contribution < -0.4 is 10.6 Å². The van der Waals surface area contributed by atoms with Crippen LogP contribution in [0.2, 0.25) is 0 Å². The van der Waals surface area contributed by atoms with Crippen molar-refractivity contribution in [3.05, 3.63) is 46.6 Å². The number of hydrogen-bond donors (Lipinski definition) is 2. The van der Waals surface area contributed by atoms with Crippen LogP contribution in [0, 0.1) is 11.8 Å². The minimum Gasteiger partial charge on any atom is -0.465 e. The van der Waals surface area contributed by atoms with Gasteiger partial charge in [0.2, 0.25) is 0 Å². The third-order valence-corrected chi connectivity index (χ3v) is 5.47. The minimum atomic E-state index is -0.637. The molecule has 0 spiro atoms. The normalized spacial score (nSPS) is 24.4. The maximum absolute atomic E-state index is 12.7. The zero-order valence-corrected chi connectivity index (χ0v) is 15.7. The molecule has 2 atom stereocenters. The Morgan fingerprint density at radius 2 is 1.88 bits per heavy atom. The highest BCUT2D eigenvalue weighted by atomic mass is 79.9. The van der Waals surface area contributed by atoms with Crippen molar-refractivity contribution in [1.29, 1.82) is 0 Å². The molecular weight excluding hydrogens is 384 g/mol. The summed E-state index contributed by atoms with van der Waals surface area (Å²) in [5.74, 6) is -0.526. The number of urea groups is 1. The predicted octanol–water partition coefficient (Wildman–Crippen LogP) is 4.06. The van der Waals surface area contributed by atoms with E-state index in [-0.39, 0.29) is 12.0 Å². The first kappa shape index (κ1) is 18.0. The molecule has 1 saturated heterocycles. The molecule has 1 saturated carbocycles. The van der Waals surface area contributed by atoms with Gasteiger partial charge in [-0.05, 0) is 36.5 Å². The van der Waals surface area contributed by atoms with Crippen LogP contribution in [0.1, 0.15) is 43.7 Å². The zero-order chi connectivity index (χ0) is 17.8. The number of carbonyl (C=O) groups is 2. The lowest BCUT2D eigenvalue weighted by atomic mass is 9.88. The second-order valence-corrected chi connectivity index (χ2v) is 7.68. The summed E-state index contributed by atoms with van der Waals surface area (Å²) in [7, 11) is 0. The van der Waals surface area contributed by atoms with Crippen LogP contribution in [0.3, 0.4) is 0 Å². The number of esters is 1. The van der Waals surface area contributed by atoms with E-state index in [4.69, 9.17) is 4.74 Å². The van der Waals surface area contributed by atoms with Gasteiger partial charge in [0.1, 0.15) is 5.92 Å². The van der Waals surface area contributed by atoms with Crippen LogP contribution in [-0.2, 0) is 9.53 Å². The first-order chi connectivity index (χ1) is 12.0. The molecule has 2 N–H and O–H groups in total. The van der Waals surface area contributed by atoms with E-state index < -0.39 is 12.0 Å². The third kappa shape index (κ3) is 4.42. The van der Waals surface area contributed by atoms with Gasteiger partial charge in [0.25, 0.3) is 0 Å². The fourth-order valence-electron chi connectivity index (χ4n) is 3.55. The van der Waals surface area contributed by atoms with Crippen LogP contribution in [0.15, 0.2) is 41.0 Å². The second kappa shape index (κ2) is 8.04. The van der Waals surface area contributed by atoms with Crippen LogP contribution in [0.25, 0.3) is 0 Å². The van der Waals surface area contributed by atoms with Gasteiger partial charge >= 0.3 is 12.0 Å². The Balaban J connectivity index is 1.72. The lowest BCUT2D eigenvalue weighted by molar-refractivity contribution is -0.150. The van der Waals surface area contributed by atoms with Crippen molar-refractivity contribution < 1.29 is 14.3 Å². The van der Waals surface area contributed by atoms with E-state index in [0.29, 0.717) is 18.2 Å². The lowest BCUT2D eigenvalue weighted by Gasteiger charge is -2.33. The van der Waals surface area contributed by atoms with E-state index in [0.717, 1.165) is 22.9 Å². The highest BCUT2D eigenvalue weighted by Gasteiger charge is 2.39. The first-order valence-corrected chi connectivity index (χ1v) is 9.52. The number of hydrogen-bond acceptors (Lipinski definition) is 3. The molecule has 2 aliphatic rings. The number of carbonyl (C=O) groups excluding carboxylic acids is 2. The van der Waals surface area contributed by atoms with Crippen molar-refractivity contribution in [2.75, 3.05) is 6.61 Å². The van der Waals surface area contributed by atoms with Crippen molar-refractivity contribution in [2.45, 2.75) is 38.1 Å². The van der Waals surface area contributed by atoms with Gasteiger partial charge in [-0.3, -0.25) is 4.79 Å². The summed E-state index contributed by atoms with van der Waals surface area (Å²) in [6, 6.07) is 6.71. The Bertz CT molecular complexity index is 653. The van der Waals surface area contributed by atoms with E-state index in [1.165, 1.54) is 19.3 Å². The van der Waals surface area contributed by atoms with Crippen molar-refractivity contribution in [2.24, 2.45) is 11.8 Å². The van der Waals surface area contributed by atoms with Crippen molar-refractivity contribution >= 4 is 27.9 Å². The van der Waals surface area contributed by atoms with Crippen molar-refractivity contribution in [3.63, 3.8) is 0 Å². The monoisotopic (exact) mass is 406 g/mol. The van der Waals surface area contributed by atoms with Gasteiger partial charge in [-0.1, -0.05) is 53.9 Å². The van der Waals surface area contributed by atoms with Gasteiger partial charge in [-0.2, -0.15) is 0 Å². The number of amides is 2. The molecule has 2 fully saturated rings. The fraction of sp³-hybridized carbons (Fsp3) is 0.474. The van der Waals surface area contributed by atoms with Crippen molar-refractivity contribution in [3.8, 4) is 0 Å². The molecule has 3 rings (SSSR count). The van der Waals surface area contributed by atoms with E-state index >= 15 is 0 Å². The van der Waals surface area contributed by atoms with Crippen molar-refractivity contribution in [1.82, 2.24) is 10.6 Å². The molecule has 134 valence electrons. The van der Waals surface area contributed by atoms with Gasteiger partial charge in [0.05, 0.1) is 12.6 Å². The summed E-state index contributed by atoms with van der Waals surface area (Å²) < 4.78 is 6.54. The first-order valence-electron chi connectivity index (χ1n) is 8.73. The van der Waals surface area contributed by atoms with Crippen LogP contribution in [0.5, 0.6) is 0 Å². The SMILES string of the molecule is C=C1NC(=O)NC(c2ccc(Br)cc2)C1C(=O)OCC1CCCCC1. The standard InChI is InChI=1S/C19H23BrN2O3/c1-12-16(18(23)25-11-13-5-3-2-4-6-13)17(22-19(24)21-12)14-7-9-15(20)10-8-14/h7-10,13,16-17H,1-6,11H2,(H2,21,22,24). The Kier molecular flexibility index (Phi) is 5.78. The minimum absolute atomic E-state index is 0.337. The largest absolute Gasteiger partial charge is 0.465 e. The summed E-state index contributed by atoms with van der Waals surface area (Å²) >= 11 is 3.40. The number of halogens is 1. The van der Waals surface area contributed by atoms with Gasteiger partial charge in [0, 0.05) is 10.2 Å². The summed E-state index contributed by atoms with van der Waals surface area (Å²) in [5.41, 5.74) is 1.23. The van der Waals surface area contributed by atoms with E-state index in [1.54, 1.807) is 0 Å². The summed E-state index contributed by atoms with van der Waals surface area (Å²) in [4.78, 5) is 24.6. The number of benzene rings is 1. The molecule has 0 radical (unpaired) electrons. The molecule has 1 aromatic rings. The Morgan fingerprint density at radius 1 is 1.20 bits per heavy atom. The molecule has 0 aromatic heterocycles. The number of nitrogens with one attached hydrogen (secondary N) is 2. The quantitative estimate of drug-likeness (QED) is 0.740. The smallest absolute Gasteiger partial charge is 0.319 e. The Labute approximate surface area is 156 Å². The van der Waals surface area contributed by atoms with Gasteiger partial charge in [-0.15, -0.1) is 0 Å². The summed E-state index contributed by atoms with van der Waals surface area (Å²) in [5, 5.41) is 5.43. The molecule has 6 heteroatoms. The predicted molar refractivity (Wildman–Crippen MR) is 98.7 cm³/mol. The Morgan fingerprint density at radius 3 is 2.56 bits per heavy atom. The molecule has 2 amide bonds. The van der Waals surface area contributed by atoms with Gasteiger partial charge < -0.3 is 15.4 Å². The van der Waals surface area contributed by atoms with Gasteiger partial charge in [0.15, 0.2) is 0 Å². The maximum atomic E-state index is 12.7. The molecule has 1 aliphatic carbocycles. The zero-order valence-electron chi connectivity index (χ0n) is 14.1. The summed E-state index contributed by atoms with van der Waals surface area (Å²) in [6.07, 6.45) is 5.91. The molecule has 5 nitrogen and oxygen atoms in total. The average molecular weight is 407 g/mol. The molecule has 2 unspecified atom stereocenters. The highest BCUT2D eigenvalue weighted by Crippen LogP contribution is 2.32. The van der Waals surface area contributed by atoms with Crippen LogP contribution in [-0.4, -0.2) is 18.6 Å². The topological polar surface area (TPSA) is 67.4 Å². The van der Waals surface area contributed by atoms with E-state index in [2.05, 4.69) is 33.1 Å². The lowest BCUT2D eigenvalue weighted by Crippen LogP contribution is -2.51. The van der Waals surface area contributed by atoms with Crippen LogP contribution in [0.4, 0.5) is 4.79 Å². The molecule has 1 heterocycles. The molecule has 1 aliphatic heterocycles. The average Bonchev–Trinajstić information content (AvgIpc) is 2.60. The molecule has 0 bridgehead atoms. The number of rotatable bonds is 4. The fourth-order valence-corrected chi connectivity index (χ4v) is 3.82. The molecule has 25 heavy (non-hydrogen) atoms.